The van der Waals surface area contributed by atoms with Gasteiger partial charge in [0, 0.05) is 11.6 Å². The SMILES string of the molecule is CC.O=Cn1ccc2ccccc21. The molecule has 0 aliphatic carbocycles. The van der Waals surface area contributed by atoms with E-state index in [1.165, 1.54) is 0 Å². The normalized spacial score (nSPS) is 9.08. The summed E-state index contributed by atoms with van der Waals surface area (Å²) in [7, 11) is 0. The lowest BCUT2D eigenvalue weighted by Crippen LogP contribution is -1.89. The molecule has 2 heteroatoms. The number of carbonyl (C=O) groups is 1. The molecule has 1 aromatic carbocycles. The quantitative estimate of drug-likeness (QED) is 0.611. The lowest BCUT2D eigenvalue weighted by atomic mass is 10.2. The third kappa shape index (κ3) is 1.78. The van der Waals surface area contributed by atoms with E-state index in [0.29, 0.717) is 0 Å². The van der Waals surface area contributed by atoms with Gasteiger partial charge in [0.05, 0.1) is 5.52 Å². The first-order chi connectivity index (χ1) is 6.42. The number of para-hydroxylation sites is 1. The largest absolute Gasteiger partial charge is 0.290 e. The van der Waals surface area contributed by atoms with Crippen LogP contribution in [0.4, 0.5) is 0 Å². The van der Waals surface area contributed by atoms with Crippen LogP contribution in [0.2, 0.25) is 0 Å². The maximum Gasteiger partial charge on any atom is 0.218 e. The van der Waals surface area contributed by atoms with Gasteiger partial charge in [0.1, 0.15) is 0 Å². The fourth-order valence-electron chi connectivity index (χ4n) is 1.20. The number of benzene rings is 1. The van der Waals surface area contributed by atoms with Crippen LogP contribution in [0.5, 0.6) is 0 Å². The van der Waals surface area contributed by atoms with Crippen LogP contribution in [-0.2, 0) is 4.79 Å². The maximum atomic E-state index is 10.4. The molecule has 0 N–H and O–H groups in total. The van der Waals surface area contributed by atoms with Crippen LogP contribution in [0.15, 0.2) is 36.5 Å². The van der Waals surface area contributed by atoms with Gasteiger partial charge in [0.15, 0.2) is 0 Å². The molecule has 1 aromatic heterocycles. The number of hydrogen-bond donors (Lipinski definition) is 0. The van der Waals surface area contributed by atoms with Crippen LogP contribution < -0.4 is 0 Å². The van der Waals surface area contributed by atoms with Gasteiger partial charge in [-0.05, 0) is 12.1 Å². The maximum absolute atomic E-state index is 10.4. The van der Waals surface area contributed by atoms with Crippen molar-refractivity contribution >= 4 is 17.3 Å². The molecule has 0 radical (unpaired) electrons. The highest BCUT2D eigenvalue weighted by atomic mass is 16.1. The van der Waals surface area contributed by atoms with Crippen molar-refractivity contribution in [3.63, 3.8) is 0 Å². The summed E-state index contributed by atoms with van der Waals surface area (Å²) in [4.78, 5) is 10.4. The Kier molecular flexibility index (Phi) is 3.26. The molecule has 2 aromatic rings. The van der Waals surface area contributed by atoms with Crippen LogP contribution >= 0.6 is 0 Å². The molecule has 2 rings (SSSR count). The number of fused-ring (bicyclic) bond motifs is 1. The first-order valence-electron chi connectivity index (χ1n) is 4.43. The van der Waals surface area contributed by atoms with E-state index < -0.39 is 0 Å². The third-order valence-electron chi connectivity index (χ3n) is 1.74. The average Bonchev–Trinajstić information content (AvgIpc) is 2.64. The predicted molar refractivity (Wildman–Crippen MR) is 55.4 cm³/mol. The number of rotatable bonds is 1. The highest BCUT2D eigenvalue weighted by molar-refractivity contribution is 5.85. The predicted octanol–water partition coefficient (Wildman–Crippen LogP) is 2.71. The lowest BCUT2D eigenvalue weighted by molar-refractivity contribution is 0.549. The molecule has 0 fully saturated rings. The van der Waals surface area contributed by atoms with Crippen molar-refractivity contribution in [3.8, 4) is 0 Å². The number of carbonyl (C=O) groups excluding carboxylic acids is 1. The van der Waals surface area contributed by atoms with Gasteiger partial charge in [-0.25, -0.2) is 0 Å². The molecular formula is C11H13NO. The van der Waals surface area contributed by atoms with E-state index in [1.807, 2.05) is 44.2 Å². The van der Waals surface area contributed by atoms with E-state index in [0.717, 1.165) is 17.3 Å². The second-order valence-electron chi connectivity index (χ2n) is 2.39. The molecule has 68 valence electrons. The van der Waals surface area contributed by atoms with Gasteiger partial charge in [-0.1, -0.05) is 32.0 Å². The second kappa shape index (κ2) is 4.45. The Labute approximate surface area is 77.8 Å². The molecule has 0 spiro atoms. The summed E-state index contributed by atoms with van der Waals surface area (Å²) in [6.07, 6.45) is 2.57. The number of hydrogen-bond acceptors (Lipinski definition) is 1. The van der Waals surface area contributed by atoms with Gasteiger partial charge in [0.25, 0.3) is 0 Å². The summed E-state index contributed by atoms with van der Waals surface area (Å²) in [6.45, 7) is 4.00. The topological polar surface area (TPSA) is 22.0 Å². The van der Waals surface area contributed by atoms with Gasteiger partial charge in [-0.3, -0.25) is 9.36 Å². The van der Waals surface area contributed by atoms with E-state index >= 15 is 0 Å². The Morgan fingerprint density at radius 3 is 2.54 bits per heavy atom. The monoisotopic (exact) mass is 175 g/mol. The zero-order chi connectivity index (χ0) is 9.68. The second-order valence-corrected chi connectivity index (χ2v) is 2.39. The lowest BCUT2D eigenvalue weighted by Gasteiger charge is -1.91. The van der Waals surface area contributed by atoms with Gasteiger partial charge in [-0.2, -0.15) is 0 Å². The zero-order valence-corrected chi connectivity index (χ0v) is 7.90. The molecule has 0 amide bonds. The van der Waals surface area contributed by atoms with E-state index in [2.05, 4.69) is 0 Å². The minimum atomic E-state index is 0.808. The molecular weight excluding hydrogens is 162 g/mol. The smallest absolute Gasteiger partial charge is 0.218 e. The van der Waals surface area contributed by atoms with Crippen molar-refractivity contribution < 1.29 is 4.79 Å². The molecule has 0 saturated heterocycles. The summed E-state index contributed by atoms with van der Waals surface area (Å²) in [5.41, 5.74) is 0.961. The Hall–Kier alpha value is -1.57. The van der Waals surface area contributed by atoms with Gasteiger partial charge < -0.3 is 0 Å². The van der Waals surface area contributed by atoms with E-state index in [-0.39, 0.29) is 0 Å². The average molecular weight is 175 g/mol. The van der Waals surface area contributed by atoms with Gasteiger partial charge in [-0.15, -0.1) is 0 Å². The Bertz CT molecular complexity index is 390. The van der Waals surface area contributed by atoms with Crippen molar-refractivity contribution in [2.24, 2.45) is 0 Å². The van der Waals surface area contributed by atoms with E-state index in [4.69, 9.17) is 0 Å². The number of aromatic nitrogens is 1. The first kappa shape index (κ1) is 9.52. The third-order valence-corrected chi connectivity index (χ3v) is 1.74. The molecule has 0 unspecified atom stereocenters. The fraction of sp³-hybridized carbons (Fsp3) is 0.182. The molecule has 0 aliphatic heterocycles. The highest BCUT2D eigenvalue weighted by Crippen LogP contribution is 2.12. The van der Waals surface area contributed by atoms with Crippen LogP contribution in [0, 0.1) is 0 Å². The zero-order valence-electron chi connectivity index (χ0n) is 7.90. The first-order valence-corrected chi connectivity index (χ1v) is 4.43. The summed E-state index contributed by atoms with van der Waals surface area (Å²) in [5, 5.41) is 1.10. The minimum Gasteiger partial charge on any atom is -0.290 e. The van der Waals surface area contributed by atoms with Gasteiger partial charge in [0.2, 0.25) is 6.41 Å². The van der Waals surface area contributed by atoms with Crippen molar-refractivity contribution in [1.82, 2.24) is 4.57 Å². The van der Waals surface area contributed by atoms with Crippen LogP contribution in [0.25, 0.3) is 10.9 Å². The van der Waals surface area contributed by atoms with Crippen molar-refractivity contribution in [1.29, 1.82) is 0 Å². The van der Waals surface area contributed by atoms with Crippen LogP contribution in [0.3, 0.4) is 0 Å². The summed E-state index contributed by atoms with van der Waals surface area (Å²) < 4.78 is 1.56. The van der Waals surface area contributed by atoms with Crippen LogP contribution in [0.1, 0.15) is 13.8 Å². The Morgan fingerprint density at radius 1 is 1.15 bits per heavy atom. The fourth-order valence-corrected chi connectivity index (χ4v) is 1.20. The van der Waals surface area contributed by atoms with Crippen molar-refractivity contribution in [3.05, 3.63) is 36.5 Å². The van der Waals surface area contributed by atoms with E-state index in [1.54, 1.807) is 10.8 Å². The standard InChI is InChI=1S/C9H7NO.C2H6/c11-7-10-6-5-8-3-1-2-4-9(8)10;1-2/h1-7H;1-2H3. The molecule has 0 aliphatic rings. The number of nitrogens with zero attached hydrogens (tertiary/aromatic N) is 1. The Balaban J connectivity index is 0.000000396. The van der Waals surface area contributed by atoms with Crippen LogP contribution in [-0.4, -0.2) is 11.0 Å². The molecule has 13 heavy (non-hydrogen) atoms. The van der Waals surface area contributed by atoms with E-state index in [9.17, 15) is 4.79 Å². The summed E-state index contributed by atoms with van der Waals surface area (Å²) in [6, 6.07) is 9.70. The van der Waals surface area contributed by atoms with Crippen molar-refractivity contribution in [2.75, 3.05) is 0 Å². The van der Waals surface area contributed by atoms with Crippen molar-refractivity contribution in [2.45, 2.75) is 13.8 Å². The summed E-state index contributed by atoms with van der Waals surface area (Å²) in [5.74, 6) is 0. The van der Waals surface area contributed by atoms with Gasteiger partial charge >= 0.3 is 0 Å². The molecule has 2 nitrogen and oxygen atoms in total. The molecule has 0 saturated carbocycles. The Morgan fingerprint density at radius 2 is 1.85 bits per heavy atom. The molecule has 1 heterocycles. The minimum absolute atomic E-state index is 0.808. The molecule has 0 atom stereocenters. The summed E-state index contributed by atoms with van der Waals surface area (Å²) >= 11 is 0. The molecule has 0 bridgehead atoms. The highest BCUT2D eigenvalue weighted by Gasteiger charge is 1.95.